The number of hydrogen-bond acceptors (Lipinski definition) is 5. The third-order valence-corrected chi connectivity index (χ3v) is 6.81. The zero-order chi connectivity index (χ0) is 23.7. The van der Waals surface area contributed by atoms with E-state index < -0.39 is 0 Å². The minimum atomic E-state index is -0.336. The van der Waals surface area contributed by atoms with Gasteiger partial charge in [0, 0.05) is 49.4 Å². The van der Waals surface area contributed by atoms with E-state index in [9.17, 15) is 14.4 Å². The zero-order valence-electron chi connectivity index (χ0n) is 19.3. The number of aryl methyl sites for hydroxylation is 1. The summed E-state index contributed by atoms with van der Waals surface area (Å²) in [5, 5.41) is 2.97. The molecule has 3 amide bonds. The predicted molar refractivity (Wildman–Crippen MR) is 127 cm³/mol. The van der Waals surface area contributed by atoms with Crippen LogP contribution >= 0.6 is 0 Å². The summed E-state index contributed by atoms with van der Waals surface area (Å²) in [6.07, 6.45) is 1.44. The number of nitrogens with zero attached hydrogens (tertiary/aromatic N) is 2. The Morgan fingerprint density at radius 1 is 0.941 bits per heavy atom. The fraction of sp³-hybridized carbons (Fsp3) is 0.423. The Morgan fingerprint density at radius 3 is 2.38 bits per heavy atom. The highest BCUT2D eigenvalue weighted by Gasteiger charge is 2.38. The smallest absolute Gasteiger partial charge is 0.228 e. The molecule has 5 rings (SSSR count). The standard InChI is InChI=1S/C26H29N3O5/c1-17-2-5-21(6-3-17)29-16-19(14-24(29)30)26(32)28-10-8-18(9-11-28)25(31)27-20-4-7-22-23(15-20)34-13-12-33-22/h2-7,15,18-19H,8-14,16H2,1H3,(H,27,31)/t19-/m0/s1. The number of ether oxygens (including phenoxy) is 2. The Hall–Kier alpha value is -3.55. The van der Waals surface area contributed by atoms with Crippen LogP contribution in [0.5, 0.6) is 11.5 Å². The van der Waals surface area contributed by atoms with Gasteiger partial charge in [0.1, 0.15) is 13.2 Å². The maximum absolute atomic E-state index is 13.1. The van der Waals surface area contributed by atoms with Crippen molar-refractivity contribution in [2.75, 3.05) is 43.1 Å². The summed E-state index contributed by atoms with van der Waals surface area (Å²) >= 11 is 0. The van der Waals surface area contributed by atoms with Gasteiger partial charge in [-0.2, -0.15) is 0 Å². The second-order valence-electron chi connectivity index (χ2n) is 9.19. The van der Waals surface area contributed by atoms with E-state index in [1.165, 1.54) is 0 Å². The number of hydrogen-bond donors (Lipinski definition) is 1. The highest BCUT2D eigenvalue weighted by atomic mass is 16.6. The number of benzene rings is 2. The quantitative estimate of drug-likeness (QED) is 0.753. The van der Waals surface area contributed by atoms with E-state index in [-0.39, 0.29) is 36.0 Å². The van der Waals surface area contributed by atoms with Crippen LogP contribution in [0.1, 0.15) is 24.8 Å². The first kappa shape index (κ1) is 22.3. The Balaban J connectivity index is 1.14. The predicted octanol–water partition coefficient (Wildman–Crippen LogP) is 3.00. The summed E-state index contributed by atoms with van der Waals surface area (Å²) in [7, 11) is 0. The van der Waals surface area contributed by atoms with E-state index in [0.717, 1.165) is 11.3 Å². The van der Waals surface area contributed by atoms with Gasteiger partial charge < -0.3 is 24.6 Å². The molecule has 2 aromatic carbocycles. The second-order valence-corrected chi connectivity index (χ2v) is 9.19. The van der Waals surface area contributed by atoms with E-state index in [4.69, 9.17) is 9.47 Å². The molecule has 0 saturated carbocycles. The van der Waals surface area contributed by atoms with Crippen LogP contribution in [0.3, 0.4) is 0 Å². The third-order valence-electron chi connectivity index (χ3n) is 6.81. The molecule has 0 unspecified atom stereocenters. The monoisotopic (exact) mass is 463 g/mol. The molecular weight excluding hydrogens is 434 g/mol. The van der Waals surface area contributed by atoms with Crippen molar-refractivity contribution < 1.29 is 23.9 Å². The summed E-state index contributed by atoms with van der Waals surface area (Å²) in [4.78, 5) is 42.0. The van der Waals surface area contributed by atoms with Crippen molar-refractivity contribution in [2.45, 2.75) is 26.2 Å². The van der Waals surface area contributed by atoms with Gasteiger partial charge in [0.25, 0.3) is 0 Å². The normalized spacial score (nSPS) is 20.4. The minimum absolute atomic E-state index is 0.00801. The first-order valence-corrected chi connectivity index (χ1v) is 11.8. The van der Waals surface area contributed by atoms with Gasteiger partial charge in [-0.15, -0.1) is 0 Å². The summed E-state index contributed by atoms with van der Waals surface area (Å²) in [5.74, 6) is 0.760. The van der Waals surface area contributed by atoms with E-state index in [0.29, 0.717) is 62.9 Å². The SMILES string of the molecule is Cc1ccc(N2C[C@@H](C(=O)N3CCC(C(=O)Nc4ccc5c(c4)OCCO5)CC3)CC2=O)cc1. The molecule has 3 aliphatic rings. The van der Waals surface area contributed by atoms with Crippen molar-refractivity contribution in [3.05, 3.63) is 48.0 Å². The van der Waals surface area contributed by atoms with Crippen molar-refractivity contribution in [1.82, 2.24) is 4.90 Å². The fourth-order valence-corrected chi connectivity index (χ4v) is 4.83. The van der Waals surface area contributed by atoms with Gasteiger partial charge in [0.05, 0.1) is 5.92 Å². The first-order valence-electron chi connectivity index (χ1n) is 11.8. The Morgan fingerprint density at radius 2 is 1.65 bits per heavy atom. The molecular formula is C26H29N3O5. The van der Waals surface area contributed by atoms with Crippen LogP contribution in [0, 0.1) is 18.8 Å². The third kappa shape index (κ3) is 4.58. The zero-order valence-corrected chi connectivity index (χ0v) is 19.3. The lowest BCUT2D eigenvalue weighted by Crippen LogP contribution is -2.44. The van der Waals surface area contributed by atoms with Gasteiger partial charge >= 0.3 is 0 Å². The largest absolute Gasteiger partial charge is 0.486 e. The number of rotatable bonds is 4. The summed E-state index contributed by atoms with van der Waals surface area (Å²) in [5.41, 5.74) is 2.64. The summed E-state index contributed by atoms with van der Waals surface area (Å²) < 4.78 is 11.1. The minimum Gasteiger partial charge on any atom is -0.486 e. The molecule has 178 valence electrons. The van der Waals surface area contributed by atoms with Crippen molar-refractivity contribution in [1.29, 1.82) is 0 Å². The van der Waals surface area contributed by atoms with Gasteiger partial charge in [-0.05, 0) is 44.0 Å². The fourth-order valence-electron chi connectivity index (χ4n) is 4.83. The molecule has 0 bridgehead atoms. The molecule has 2 fully saturated rings. The van der Waals surface area contributed by atoms with Crippen LogP contribution in [0.25, 0.3) is 0 Å². The highest BCUT2D eigenvalue weighted by molar-refractivity contribution is 6.00. The van der Waals surface area contributed by atoms with Crippen molar-refractivity contribution >= 4 is 29.1 Å². The Kier molecular flexibility index (Phi) is 6.13. The molecule has 3 aliphatic heterocycles. The number of likely N-dealkylation sites (tertiary alicyclic amines) is 1. The number of fused-ring (bicyclic) bond motifs is 1. The molecule has 0 spiro atoms. The molecule has 0 radical (unpaired) electrons. The molecule has 2 saturated heterocycles. The van der Waals surface area contributed by atoms with E-state index in [2.05, 4.69) is 5.32 Å². The van der Waals surface area contributed by atoms with E-state index in [1.807, 2.05) is 36.1 Å². The number of anilines is 2. The average Bonchev–Trinajstić information content (AvgIpc) is 3.25. The van der Waals surface area contributed by atoms with Crippen LogP contribution in [0.4, 0.5) is 11.4 Å². The van der Waals surface area contributed by atoms with Gasteiger partial charge in [-0.1, -0.05) is 17.7 Å². The Labute approximate surface area is 198 Å². The van der Waals surface area contributed by atoms with Crippen LogP contribution in [0.15, 0.2) is 42.5 Å². The summed E-state index contributed by atoms with van der Waals surface area (Å²) in [6, 6.07) is 13.2. The lowest BCUT2D eigenvalue weighted by atomic mass is 9.94. The van der Waals surface area contributed by atoms with Crippen molar-refractivity contribution in [3.8, 4) is 11.5 Å². The molecule has 8 heteroatoms. The number of amides is 3. The highest BCUT2D eigenvalue weighted by Crippen LogP contribution is 2.33. The van der Waals surface area contributed by atoms with Crippen LogP contribution < -0.4 is 19.7 Å². The molecule has 2 aromatic rings. The lowest BCUT2D eigenvalue weighted by molar-refractivity contribution is -0.138. The van der Waals surface area contributed by atoms with Crippen molar-refractivity contribution in [2.24, 2.45) is 11.8 Å². The number of carbonyl (C=O) groups is 3. The number of nitrogens with one attached hydrogen (secondary N) is 1. The molecule has 3 heterocycles. The molecule has 1 atom stereocenters. The van der Waals surface area contributed by atoms with Gasteiger partial charge in [0.15, 0.2) is 11.5 Å². The number of piperidine rings is 1. The first-order chi connectivity index (χ1) is 16.5. The molecule has 1 N–H and O–H groups in total. The second kappa shape index (κ2) is 9.37. The average molecular weight is 464 g/mol. The molecule has 0 aromatic heterocycles. The maximum Gasteiger partial charge on any atom is 0.228 e. The Bertz CT molecular complexity index is 1090. The molecule has 0 aliphatic carbocycles. The number of carbonyl (C=O) groups excluding carboxylic acids is 3. The van der Waals surface area contributed by atoms with Crippen LogP contribution in [-0.2, 0) is 14.4 Å². The van der Waals surface area contributed by atoms with Gasteiger partial charge in [0.2, 0.25) is 17.7 Å². The van der Waals surface area contributed by atoms with Crippen LogP contribution in [-0.4, -0.2) is 55.5 Å². The van der Waals surface area contributed by atoms with Gasteiger partial charge in [-0.25, -0.2) is 0 Å². The van der Waals surface area contributed by atoms with Crippen LogP contribution in [0.2, 0.25) is 0 Å². The van der Waals surface area contributed by atoms with Crippen molar-refractivity contribution in [3.63, 3.8) is 0 Å². The van der Waals surface area contributed by atoms with E-state index >= 15 is 0 Å². The van der Waals surface area contributed by atoms with E-state index in [1.54, 1.807) is 23.1 Å². The van der Waals surface area contributed by atoms with Gasteiger partial charge in [-0.3, -0.25) is 14.4 Å². The lowest BCUT2D eigenvalue weighted by Gasteiger charge is -2.33. The molecule has 34 heavy (non-hydrogen) atoms. The summed E-state index contributed by atoms with van der Waals surface area (Å²) in [6.45, 7) is 4.47. The molecule has 8 nitrogen and oxygen atoms in total. The topological polar surface area (TPSA) is 88.2 Å². The maximum atomic E-state index is 13.1.